The van der Waals surface area contributed by atoms with Gasteiger partial charge in [0.2, 0.25) is 0 Å². The lowest BCUT2D eigenvalue weighted by molar-refractivity contribution is -0.112. The number of nitrogens with zero attached hydrogens (tertiary/aromatic N) is 3. The van der Waals surface area contributed by atoms with Crippen molar-refractivity contribution in [3.05, 3.63) is 77.5 Å². The molecule has 2 aromatic rings. The van der Waals surface area contributed by atoms with E-state index in [4.69, 9.17) is 4.74 Å². The number of carbonyl (C=O) groups is 1. The Labute approximate surface area is 189 Å². The number of anilines is 3. The summed E-state index contributed by atoms with van der Waals surface area (Å²) >= 11 is 0. The quantitative estimate of drug-likeness (QED) is 0.583. The van der Waals surface area contributed by atoms with Gasteiger partial charge in [0.1, 0.15) is 11.6 Å². The lowest BCUT2D eigenvalue weighted by Crippen LogP contribution is -2.36. The molecule has 0 spiro atoms. The summed E-state index contributed by atoms with van der Waals surface area (Å²) in [6.45, 7) is 7.46. The first-order valence-electron chi connectivity index (χ1n) is 10.8. The first kappa shape index (κ1) is 21.7. The van der Waals surface area contributed by atoms with Crippen LogP contribution in [-0.4, -0.2) is 39.3 Å². The second-order valence-electron chi connectivity index (χ2n) is 8.55. The third-order valence-corrected chi connectivity index (χ3v) is 6.21. The van der Waals surface area contributed by atoms with Crippen molar-refractivity contribution >= 4 is 23.0 Å². The van der Waals surface area contributed by atoms with Crippen LogP contribution in [0.5, 0.6) is 0 Å². The predicted molar refractivity (Wildman–Crippen MR) is 128 cm³/mol. The summed E-state index contributed by atoms with van der Waals surface area (Å²) < 4.78 is 5.39. The number of likely N-dealkylation sites (N-methyl/N-ethyl adjacent to an activating group) is 1. The molecule has 0 aliphatic carbocycles. The van der Waals surface area contributed by atoms with Crippen LogP contribution in [0.1, 0.15) is 19.4 Å². The number of nitrogens with one attached hydrogen (secondary N) is 1. The zero-order chi connectivity index (χ0) is 22.7. The van der Waals surface area contributed by atoms with E-state index in [2.05, 4.69) is 41.1 Å². The maximum Gasteiger partial charge on any atom is 0.266 e. The fraction of sp³-hybridized carbons (Fsp3) is 0.308. The van der Waals surface area contributed by atoms with Crippen LogP contribution in [-0.2, 0) is 14.9 Å². The van der Waals surface area contributed by atoms with E-state index in [9.17, 15) is 10.1 Å². The summed E-state index contributed by atoms with van der Waals surface area (Å²) in [5.41, 5.74) is 5.01. The first-order chi connectivity index (χ1) is 15.4. The number of allylic oxidation sites excluding steroid dienone is 3. The van der Waals surface area contributed by atoms with Crippen molar-refractivity contribution in [3.8, 4) is 6.07 Å². The van der Waals surface area contributed by atoms with E-state index in [-0.39, 0.29) is 11.0 Å². The van der Waals surface area contributed by atoms with Crippen LogP contribution < -0.4 is 15.1 Å². The Bertz CT molecular complexity index is 1100. The standard InChI is InChI=1S/C26H28N4O2/c1-26(2)22-6-4-5-7-23(22)29(3)24(26)13-8-19(18-27)25(31)28-20-9-11-21(12-10-20)30-14-16-32-17-15-30/h4-13H,14-17H2,1-3H3,(H,28,31)/b19-8+,24-13-. The highest BCUT2D eigenvalue weighted by molar-refractivity contribution is 6.06. The van der Waals surface area contributed by atoms with Crippen molar-refractivity contribution in [2.75, 3.05) is 48.5 Å². The van der Waals surface area contributed by atoms with Gasteiger partial charge in [-0.05, 0) is 48.0 Å². The number of hydrogen-bond donors (Lipinski definition) is 1. The maximum atomic E-state index is 12.7. The average Bonchev–Trinajstić information content (AvgIpc) is 3.01. The van der Waals surface area contributed by atoms with Crippen LogP contribution in [0.15, 0.2) is 72.0 Å². The number of ether oxygens (including phenoxy) is 1. The highest BCUT2D eigenvalue weighted by atomic mass is 16.5. The molecule has 0 unspecified atom stereocenters. The molecule has 1 amide bonds. The SMILES string of the molecule is CN1/C(=C\C=C(/C#N)C(=O)Nc2ccc(N3CCOCC3)cc2)C(C)(C)c2ccccc21. The molecule has 4 rings (SSSR count). The van der Waals surface area contributed by atoms with Gasteiger partial charge in [0.25, 0.3) is 5.91 Å². The van der Waals surface area contributed by atoms with Crippen LogP contribution in [0.3, 0.4) is 0 Å². The third-order valence-electron chi connectivity index (χ3n) is 6.21. The Kier molecular flexibility index (Phi) is 6.02. The molecule has 164 valence electrons. The van der Waals surface area contributed by atoms with E-state index in [1.165, 1.54) is 5.56 Å². The smallest absolute Gasteiger partial charge is 0.266 e. The first-order valence-corrected chi connectivity index (χ1v) is 10.8. The van der Waals surface area contributed by atoms with Crippen molar-refractivity contribution in [2.24, 2.45) is 0 Å². The van der Waals surface area contributed by atoms with Gasteiger partial charge in [-0.2, -0.15) is 5.26 Å². The van der Waals surface area contributed by atoms with E-state index in [0.29, 0.717) is 5.69 Å². The van der Waals surface area contributed by atoms with Crippen LogP contribution in [0.4, 0.5) is 17.1 Å². The molecule has 2 aliphatic rings. The van der Waals surface area contributed by atoms with Crippen molar-refractivity contribution in [2.45, 2.75) is 19.3 Å². The molecule has 2 aliphatic heterocycles. The minimum atomic E-state index is -0.417. The summed E-state index contributed by atoms with van der Waals surface area (Å²) in [7, 11) is 2.01. The Morgan fingerprint density at radius 2 is 1.81 bits per heavy atom. The lowest BCUT2D eigenvalue weighted by atomic mass is 9.83. The topological polar surface area (TPSA) is 68.6 Å². The summed E-state index contributed by atoms with van der Waals surface area (Å²) in [6, 6.07) is 18.0. The zero-order valence-corrected chi connectivity index (χ0v) is 18.8. The molecule has 0 atom stereocenters. The fourth-order valence-electron chi connectivity index (χ4n) is 4.40. The van der Waals surface area contributed by atoms with Gasteiger partial charge in [-0.1, -0.05) is 32.0 Å². The second-order valence-corrected chi connectivity index (χ2v) is 8.55. The fourth-order valence-corrected chi connectivity index (χ4v) is 4.40. The van der Waals surface area contributed by atoms with Crippen LogP contribution in [0, 0.1) is 11.3 Å². The van der Waals surface area contributed by atoms with Crippen molar-refractivity contribution in [1.82, 2.24) is 0 Å². The Hall–Kier alpha value is -3.56. The molecule has 0 saturated carbocycles. The molecule has 0 bridgehead atoms. The Morgan fingerprint density at radius 3 is 2.47 bits per heavy atom. The third kappa shape index (κ3) is 4.12. The number of fused-ring (bicyclic) bond motifs is 1. The van der Waals surface area contributed by atoms with E-state index in [1.807, 2.05) is 55.6 Å². The number of rotatable bonds is 4. The number of morpholine rings is 1. The van der Waals surface area contributed by atoms with Crippen LogP contribution in [0.25, 0.3) is 0 Å². The zero-order valence-electron chi connectivity index (χ0n) is 18.8. The summed E-state index contributed by atoms with van der Waals surface area (Å²) in [6.07, 6.45) is 3.48. The molecule has 1 N–H and O–H groups in total. The largest absolute Gasteiger partial charge is 0.378 e. The number of benzene rings is 2. The van der Waals surface area contributed by atoms with Gasteiger partial charge in [-0.15, -0.1) is 0 Å². The van der Waals surface area contributed by atoms with Crippen LogP contribution >= 0.6 is 0 Å². The number of carbonyl (C=O) groups excluding carboxylic acids is 1. The van der Waals surface area contributed by atoms with Gasteiger partial charge < -0.3 is 19.9 Å². The van der Waals surface area contributed by atoms with Crippen molar-refractivity contribution in [1.29, 1.82) is 5.26 Å². The normalized spacial score (nSPS) is 18.9. The van der Waals surface area contributed by atoms with E-state index >= 15 is 0 Å². The number of hydrogen-bond acceptors (Lipinski definition) is 5. The lowest BCUT2D eigenvalue weighted by Gasteiger charge is -2.28. The van der Waals surface area contributed by atoms with Crippen molar-refractivity contribution in [3.63, 3.8) is 0 Å². The molecular weight excluding hydrogens is 400 g/mol. The molecule has 2 heterocycles. The number of nitriles is 1. The molecule has 0 radical (unpaired) electrons. The summed E-state index contributed by atoms with van der Waals surface area (Å²) in [5, 5.41) is 12.4. The monoisotopic (exact) mass is 428 g/mol. The molecule has 0 aromatic heterocycles. The minimum Gasteiger partial charge on any atom is -0.378 e. The van der Waals surface area contributed by atoms with E-state index in [0.717, 1.165) is 43.4 Å². The Balaban J connectivity index is 1.49. The van der Waals surface area contributed by atoms with Gasteiger partial charge >= 0.3 is 0 Å². The molecule has 1 fully saturated rings. The second kappa shape index (κ2) is 8.89. The molecule has 6 nitrogen and oxygen atoms in total. The molecule has 32 heavy (non-hydrogen) atoms. The molecule has 2 aromatic carbocycles. The number of para-hydroxylation sites is 1. The van der Waals surface area contributed by atoms with Gasteiger partial charge in [0, 0.05) is 48.3 Å². The van der Waals surface area contributed by atoms with E-state index in [1.54, 1.807) is 6.08 Å². The predicted octanol–water partition coefficient (Wildman–Crippen LogP) is 4.22. The minimum absolute atomic E-state index is 0.0647. The average molecular weight is 429 g/mol. The Morgan fingerprint density at radius 1 is 1.12 bits per heavy atom. The number of amides is 1. The molecular formula is C26H28N4O2. The maximum absolute atomic E-state index is 12.7. The van der Waals surface area contributed by atoms with Crippen molar-refractivity contribution < 1.29 is 9.53 Å². The van der Waals surface area contributed by atoms with Gasteiger partial charge in [0.05, 0.1) is 13.2 Å². The van der Waals surface area contributed by atoms with Gasteiger partial charge in [0.15, 0.2) is 0 Å². The van der Waals surface area contributed by atoms with Gasteiger partial charge in [-0.3, -0.25) is 4.79 Å². The van der Waals surface area contributed by atoms with Gasteiger partial charge in [-0.25, -0.2) is 0 Å². The van der Waals surface area contributed by atoms with E-state index < -0.39 is 5.91 Å². The molecule has 1 saturated heterocycles. The summed E-state index contributed by atoms with van der Waals surface area (Å²) in [4.78, 5) is 17.1. The molecule has 6 heteroatoms. The summed E-state index contributed by atoms with van der Waals surface area (Å²) in [5.74, 6) is -0.417. The highest BCUT2D eigenvalue weighted by Crippen LogP contribution is 2.46. The highest BCUT2D eigenvalue weighted by Gasteiger charge is 2.37. The van der Waals surface area contributed by atoms with Crippen LogP contribution in [0.2, 0.25) is 0 Å².